The van der Waals surface area contributed by atoms with Crippen LogP contribution in [-0.4, -0.2) is 19.9 Å². The van der Waals surface area contributed by atoms with Crippen LogP contribution in [0.5, 0.6) is 11.5 Å². The molecule has 0 aliphatic carbocycles. The number of methoxy groups -OCH3 is 1. The Morgan fingerprint density at radius 2 is 1.73 bits per heavy atom. The van der Waals surface area contributed by atoms with Crippen molar-refractivity contribution in [2.24, 2.45) is 0 Å². The second-order valence-corrected chi connectivity index (χ2v) is 4.94. The number of benzene rings is 2. The highest BCUT2D eigenvalue weighted by atomic mass is 16.5. The minimum absolute atomic E-state index is 0.0863. The van der Waals surface area contributed by atoms with Gasteiger partial charge in [-0.1, -0.05) is 23.8 Å². The minimum atomic E-state index is -0.351. The Kier molecular flexibility index (Phi) is 5.25. The van der Waals surface area contributed by atoms with Gasteiger partial charge in [0, 0.05) is 0 Å². The van der Waals surface area contributed by atoms with Crippen LogP contribution in [0.15, 0.2) is 42.5 Å². The first-order chi connectivity index (χ1) is 10.6. The molecule has 2 aromatic carbocycles. The van der Waals surface area contributed by atoms with Crippen molar-refractivity contribution in [1.82, 2.24) is 5.32 Å². The van der Waals surface area contributed by atoms with Crippen LogP contribution in [0, 0.1) is 13.8 Å². The Morgan fingerprint density at radius 3 is 2.41 bits per heavy atom. The molecule has 116 valence electrons. The molecule has 0 aliphatic rings. The third kappa shape index (κ3) is 4.41. The summed E-state index contributed by atoms with van der Waals surface area (Å²) in [6.45, 7) is 4.04. The average molecular weight is 300 g/mol. The molecule has 2 rings (SSSR count). The first kappa shape index (κ1) is 15.7. The molecule has 5 nitrogen and oxygen atoms in total. The van der Waals surface area contributed by atoms with Crippen molar-refractivity contribution in [2.45, 2.75) is 13.8 Å². The molecule has 5 heteroatoms. The van der Waals surface area contributed by atoms with Crippen molar-refractivity contribution < 1.29 is 14.3 Å². The minimum Gasteiger partial charge on any atom is -0.495 e. The van der Waals surface area contributed by atoms with Crippen LogP contribution in [0.2, 0.25) is 0 Å². The molecular formula is C17H20N2O3. The van der Waals surface area contributed by atoms with Crippen molar-refractivity contribution in [3.63, 3.8) is 0 Å². The largest absolute Gasteiger partial charge is 0.495 e. The van der Waals surface area contributed by atoms with Gasteiger partial charge in [0.05, 0.1) is 12.8 Å². The fraction of sp³-hybridized carbons (Fsp3) is 0.235. The van der Waals surface area contributed by atoms with Crippen LogP contribution in [0.25, 0.3) is 0 Å². The number of ether oxygens (including phenoxy) is 2. The summed E-state index contributed by atoms with van der Waals surface area (Å²) in [5.74, 6) is 1.32. The number of amides is 2. The molecule has 0 atom stereocenters. The Labute approximate surface area is 130 Å². The number of nitrogens with one attached hydrogen (secondary N) is 2. The Morgan fingerprint density at radius 1 is 1.05 bits per heavy atom. The van der Waals surface area contributed by atoms with Crippen LogP contribution < -0.4 is 20.1 Å². The summed E-state index contributed by atoms with van der Waals surface area (Å²) < 4.78 is 10.7. The molecule has 0 saturated heterocycles. The summed E-state index contributed by atoms with van der Waals surface area (Å²) in [5.41, 5.74) is 2.81. The van der Waals surface area contributed by atoms with Gasteiger partial charge in [0.15, 0.2) is 6.73 Å². The molecule has 0 radical (unpaired) electrons. The Balaban J connectivity index is 1.85. The molecule has 2 N–H and O–H groups in total. The van der Waals surface area contributed by atoms with Crippen molar-refractivity contribution >= 4 is 11.7 Å². The lowest BCUT2D eigenvalue weighted by molar-refractivity contribution is 0.234. The first-order valence-corrected chi connectivity index (χ1v) is 6.97. The van der Waals surface area contributed by atoms with Crippen molar-refractivity contribution in [3.8, 4) is 11.5 Å². The number of carbonyl (C=O) groups is 1. The zero-order valence-corrected chi connectivity index (χ0v) is 13.0. The molecule has 0 fully saturated rings. The summed E-state index contributed by atoms with van der Waals surface area (Å²) in [4.78, 5) is 11.9. The average Bonchev–Trinajstić information content (AvgIpc) is 2.49. The van der Waals surface area contributed by atoms with Crippen LogP contribution in [0.1, 0.15) is 11.1 Å². The SMILES string of the molecule is COc1ccc(C)cc1NC(=O)NCOc1ccc(C)cc1. The van der Waals surface area contributed by atoms with E-state index in [0.717, 1.165) is 11.1 Å². The third-order valence-electron chi connectivity index (χ3n) is 3.10. The number of rotatable bonds is 5. The topological polar surface area (TPSA) is 59.6 Å². The van der Waals surface area contributed by atoms with E-state index in [2.05, 4.69) is 10.6 Å². The van der Waals surface area contributed by atoms with Gasteiger partial charge in [-0.05, 0) is 43.7 Å². The van der Waals surface area contributed by atoms with Gasteiger partial charge in [-0.15, -0.1) is 0 Å². The fourth-order valence-electron chi connectivity index (χ4n) is 1.91. The van der Waals surface area contributed by atoms with Gasteiger partial charge < -0.3 is 20.1 Å². The number of carbonyl (C=O) groups excluding carboxylic acids is 1. The monoisotopic (exact) mass is 300 g/mol. The number of anilines is 1. The number of aryl methyl sites for hydroxylation is 2. The molecule has 0 spiro atoms. The molecule has 2 amide bonds. The number of hydrogen-bond acceptors (Lipinski definition) is 3. The number of hydrogen-bond donors (Lipinski definition) is 2. The predicted octanol–water partition coefficient (Wildman–Crippen LogP) is 3.47. The zero-order valence-electron chi connectivity index (χ0n) is 13.0. The molecule has 0 aromatic heterocycles. The molecule has 2 aromatic rings. The highest BCUT2D eigenvalue weighted by Crippen LogP contribution is 2.24. The normalized spacial score (nSPS) is 9.95. The maximum absolute atomic E-state index is 11.9. The van der Waals surface area contributed by atoms with Crippen LogP contribution in [0.4, 0.5) is 10.5 Å². The first-order valence-electron chi connectivity index (χ1n) is 6.97. The van der Waals surface area contributed by atoms with E-state index in [4.69, 9.17) is 9.47 Å². The zero-order chi connectivity index (χ0) is 15.9. The number of urea groups is 1. The highest BCUT2D eigenvalue weighted by molar-refractivity contribution is 5.90. The summed E-state index contributed by atoms with van der Waals surface area (Å²) in [7, 11) is 1.56. The highest BCUT2D eigenvalue weighted by Gasteiger charge is 2.07. The van der Waals surface area contributed by atoms with E-state index in [1.54, 1.807) is 7.11 Å². The van der Waals surface area contributed by atoms with E-state index >= 15 is 0 Å². The Hall–Kier alpha value is -2.69. The fourth-order valence-corrected chi connectivity index (χ4v) is 1.91. The van der Waals surface area contributed by atoms with Gasteiger partial charge in [0.2, 0.25) is 0 Å². The van der Waals surface area contributed by atoms with Crippen molar-refractivity contribution in [1.29, 1.82) is 0 Å². The van der Waals surface area contributed by atoms with Gasteiger partial charge in [-0.3, -0.25) is 0 Å². The molecule has 0 saturated carbocycles. The standard InChI is InChI=1S/C17H20N2O3/c1-12-4-7-14(8-5-12)22-11-18-17(20)19-15-10-13(2)6-9-16(15)21-3/h4-10H,11H2,1-3H3,(H2,18,19,20). The van der Waals surface area contributed by atoms with E-state index < -0.39 is 0 Å². The van der Waals surface area contributed by atoms with E-state index in [-0.39, 0.29) is 12.8 Å². The van der Waals surface area contributed by atoms with Gasteiger partial charge in [0.25, 0.3) is 0 Å². The summed E-state index contributed by atoms with van der Waals surface area (Å²) in [6, 6.07) is 12.8. The van der Waals surface area contributed by atoms with Crippen molar-refractivity contribution in [3.05, 3.63) is 53.6 Å². The second-order valence-electron chi connectivity index (χ2n) is 4.94. The van der Waals surface area contributed by atoms with Crippen LogP contribution in [0.3, 0.4) is 0 Å². The molecule has 0 bridgehead atoms. The molecule has 22 heavy (non-hydrogen) atoms. The predicted molar refractivity (Wildman–Crippen MR) is 86.6 cm³/mol. The Bertz CT molecular complexity index is 639. The summed E-state index contributed by atoms with van der Waals surface area (Å²) in [6.07, 6.45) is 0. The molecule has 0 aliphatic heterocycles. The lowest BCUT2D eigenvalue weighted by Crippen LogP contribution is -2.32. The van der Waals surface area contributed by atoms with E-state index in [1.807, 2.05) is 56.3 Å². The van der Waals surface area contributed by atoms with Crippen molar-refractivity contribution in [2.75, 3.05) is 19.2 Å². The molecule has 0 unspecified atom stereocenters. The van der Waals surface area contributed by atoms with Crippen LogP contribution in [-0.2, 0) is 0 Å². The lowest BCUT2D eigenvalue weighted by Gasteiger charge is -2.12. The third-order valence-corrected chi connectivity index (χ3v) is 3.10. The van der Waals surface area contributed by atoms with Gasteiger partial charge in [-0.25, -0.2) is 4.79 Å². The lowest BCUT2D eigenvalue weighted by atomic mass is 10.2. The summed E-state index contributed by atoms with van der Waals surface area (Å²) in [5, 5.41) is 5.38. The van der Waals surface area contributed by atoms with E-state index in [0.29, 0.717) is 17.2 Å². The molecular weight excluding hydrogens is 280 g/mol. The van der Waals surface area contributed by atoms with Gasteiger partial charge in [0.1, 0.15) is 11.5 Å². The van der Waals surface area contributed by atoms with E-state index in [1.165, 1.54) is 0 Å². The maximum atomic E-state index is 11.9. The van der Waals surface area contributed by atoms with E-state index in [9.17, 15) is 4.79 Å². The quantitative estimate of drug-likeness (QED) is 0.831. The second kappa shape index (κ2) is 7.36. The summed E-state index contributed by atoms with van der Waals surface area (Å²) >= 11 is 0. The van der Waals surface area contributed by atoms with Crippen LogP contribution >= 0.6 is 0 Å². The van der Waals surface area contributed by atoms with Gasteiger partial charge >= 0.3 is 6.03 Å². The smallest absolute Gasteiger partial charge is 0.321 e. The van der Waals surface area contributed by atoms with Gasteiger partial charge in [-0.2, -0.15) is 0 Å². The molecule has 0 heterocycles. The maximum Gasteiger partial charge on any atom is 0.321 e.